The van der Waals surface area contributed by atoms with E-state index in [4.69, 9.17) is 16.3 Å². The van der Waals surface area contributed by atoms with Crippen molar-refractivity contribution in [2.75, 3.05) is 82.2 Å². The molecule has 7 heterocycles. The van der Waals surface area contributed by atoms with Crippen molar-refractivity contribution in [3.05, 3.63) is 152 Å². The normalized spacial score (nSPS) is 19.4. The van der Waals surface area contributed by atoms with Gasteiger partial charge >= 0.3 is 0 Å². The second-order valence-electron chi connectivity index (χ2n) is 26.9. The second kappa shape index (κ2) is 29.3. The van der Waals surface area contributed by atoms with Crippen LogP contribution in [-0.2, 0) is 19.6 Å². The number of hydrogen-bond acceptors (Lipinski definition) is 16. The van der Waals surface area contributed by atoms with E-state index >= 15 is 0 Å². The highest BCUT2D eigenvalue weighted by Crippen LogP contribution is 2.44. The van der Waals surface area contributed by atoms with Gasteiger partial charge in [0.2, 0.25) is 11.8 Å². The molecule has 95 heavy (non-hydrogen) atoms. The van der Waals surface area contributed by atoms with Crippen molar-refractivity contribution in [3.8, 4) is 23.3 Å². The lowest BCUT2D eigenvalue weighted by Gasteiger charge is -2.42. The molecule has 4 aromatic carbocycles. The summed E-state index contributed by atoms with van der Waals surface area (Å²) in [5.74, 6) is 3.90. The largest absolute Gasteiger partial charge is 0.455 e. The minimum Gasteiger partial charge on any atom is -0.455 e. The van der Waals surface area contributed by atoms with Crippen molar-refractivity contribution in [3.63, 3.8) is 0 Å². The summed E-state index contributed by atoms with van der Waals surface area (Å²) in [6.45, 7) is 14.1. The van der Waals surface area contributed by atoms with E-state index in [2.05, 4.69) is 82.7 Å². The zero-order valence-corrected chi connectivity index (χ0v) is 55.5. The molecule has 6 aromatic rings. The number of amides is 5. The molecule has 21 nitrogen and oxygen atoms in total. The number of aromatic amines is 1. The topological polar surface area (TPSA) is 253 Å². The first-order chi connectivity index (χ1) is 45.8. The molecule has 23 heteroatoms. The summed E-state index contributed by atoms with van der Waals surface area (Å²) in [7, 11) is -4.62. The van der Waals surface area contributed by atoms with Gasteiger partial charge in [0.1, 0.15) is 28.9 Å². The molecule has 4 fully saturated rings. The number of piperidine rings is 3. The Kier molecular flexibility index (Phi) is 20.5. The van der Waals surface area contributed by atoms with Crippen LogP contribution in [0.1, 0.15) is 152 Å². The molecular formula is C72H82ClN11O10S. The average Bonchev–Trinajstić information content (AvgIpc) is 1.63. The highest BCUT2D eigenvalue weighted by Gasteiger charge is 2.46. The van der Waals surface area contributed by atoms with Gasteiger partial charge in [0, 0.05) is 98.1 Å². The number of benzene rings is 4. The Balaban J connectivity index is 0.584. The first-order valence-electron chi connectivity index (χ1n) is 33.4. The number of aromatic nitrogens is 2. The van der Waals surface area contributed by atoms with Gasteiger partial charge in [-0.3, -0.25) is 49.2 Å². The maximum absolute atomic E-state index is 14.2. The van der Waals surface area contributed by atoms with Crippen molar-refractivity contribution >= 4 is 84.8 Å². The van der Waals surface area contributed by atoms with Crippen LogP contribution in [0.3, 0.4) is 0 Å². The van der Waals surface area contributed by atoms with E-state index in [-0.39, 0.29) is 52.3 Å². The predicted molar refractivity (Wildman–Crippen MR) is 365 cm³/mol. The van der Waals surface area contributed by atoms with E-state index in [1.807, 2.05) is 18.2 Å². The number of nitro benzene ring substituents is 1. The Bertz CT molecular complexity index is 4120. The zero-order valence-electron chi connectivity index (χ0n) is 53.9. The highest BCUT2D eigenvalue weighted by atomic mass is 35.5. The molecule has 4 N–H and O–H groups in total. The Morgan fingerprint density at radius 3 is 2.37 bits per heavy atom. The van der Waals surface area contributed by atoms with Crippen LogP contribution in [0.15, 0.2) is 114 Å². The highest BCUT2D eigenvalue weighted by molar-refractivity contribution is 7.90. The predicted octanol–water partition coefficient (Wildman–Crippen LogP) is 11.2. The third kappa shape index (κ3) is 15.8. The van der Waals surface area contributed by atoms with Crippen molar-refractivity contribution in [2.45, 2.75) is 127 Å². The standard InChI is InChI=1S/C72H82ClN11O10S/c1-72(2)30-24-52(60(44-72)49-14-16-53(73)17-15-49)47-80-37-39-82(40-38-80)55-18-20-58(64(42-55)94-56-41-51-25-31-74-67(51)76-46-56)68(86)78-95(92,93)57-19-21-61(63(43-57)84(90)91)75-45-48-26-35-81(36-27-48)54-28-33-79(34-29-54)32-9-7-5-3-4-6-8-11-50-12-10-13-59-66(50)71(89)83(70(59)88)62-22-23-65(85)77-69(62)87/h10,12-21,25,31,41-43,46,48,54,62,75H,3-7,9,22-24,26-30,32-40,44-45,47H2,1-2H3,(H,74,76)(H,78,86)(H,77,85,87). The SMILES string of the molecule is CC1(C)CCC(CN2CCN(c3ccc(C(=O)NS(=O)(=O)c4ccc(NCC5CCN(C6CCN(CCCCCCCC#Cc7cccc8c7C(=O)N(C7CCC(=O)NC7=O)C8=O)CC6)CC5)c([N+](=O)[O-])c4)c(Oc4cnc5[nH]ccc5c4)c3)CC2)=C(c2ccc(Cl)cc2)C1. The average molecular weight is 1330 g/mol. The first kappa shape index (κ1) is 66.6. The zero-order chi connectivity index (χ0) is 66.4. The number of unbranched alkanes of at least 4 members (excludes halogenated alkanes) is 5. The van der Waals surface area contributed by atoms with Crippen molar-refractivity contribution in [1.82, 2.24) is 39.6 Å². The van der Waals surface area contributed by atoms with Crippen LogP contribution < -0.4 is 25.0 Å². The summed E-state index contributed by atoms with van der Waals surface area (Å²) in [5, 5.41) is 19.5. The molecule has 0 spiro atoms. The van der Waals surface area contributed by atoms with Crippen LogP contribution in [0.2, 0.25) is 5.02 Å². The van der Waals surface area contributed by atoms with E-state index in [1.54, 1.807) is 48.7 Å². The van der Waals surface area contributed by atoms with Crippen LogP contribution in [0.4, 0.5) is 17.1 Å². The number of nitrogens with one attached hydrogen (secondary N) is 4. The smallest absolute Gasteiger partial charge is 0.293 e. The fraction of sp³-hybridized carbons (Fsp3) is 0.444. The molecule has 5 aliphatic heterocycles. The van der Waals surface area contributed by atoms with Crippen LogP contribution in [-0.4, -0.2) is 157 Å². The summed E-state index contributed by atoms with van der Waals surface area (Å²) < 4.78 is 36.6. The fourth-order valence-corrected chi connectivity index (χ4v) is 15.4. The third-order valence-electron chi connectivity index (χ3n) is 19.8. The minimum atomic E-state index is -4.62. The number of H-pyrrole nitrogens is 1. The number of imide groups is 2. The van der Waals surface area contributed by atoms with E-state index in [1.165, 1.54) is 35.0 Å². The number of nitrogens with zero attached hydrogens (tertiary/aromatic N) is 7. The molecule has 1 unspecified atom stereocenters. The van der Waals surface area contributed by atoms with Gasteiger partial charge in [-0.2, -0.15) is 0 Å². The van der Waals surface area contributed by atoms with Gasteiger partial charge in [0.15, 0.2) is 0 Å². The summed E-state index contributed by atoms with van der Waals surface area (Å²) in [6.07, 6.45) is 16.7. The number of allylic oxidation sites excluding steroid dienone is 1. The monoisotopic (exact) mass is 1330 g/mol. The van der Waals surface area contributed by atoms with Gasteiger partial charge in [-0.1, -0.05) is 80.3 Å². The van der Waals surface area contributed by atoms with E-state index in [0.29, 0.717) is 49.1 Å². The summed E-state index contributed by atoms with van der Waals surface area (Å²) >= 11 is 6.28. The first-order valence-corrected chi connectivity index (χ1v) is 35.3. The van der Waals surface area contributed by atoms with Gasteiger partial charge in [-0.15, -0.1) is 0 Å². The van der Waals surface area contributed by atoms with Gasteiger partial charge in [0.05, 0.1) is 32.7 Å². The maximum Gasteiger partial charge on any atom is 0.293 e. The van der Waals surface area contributed by atoms with Crippen LogP contribution in [0.5, 0.6) is 11.5 Å². The van der Waals surface area contributed by atoms with Crippen LogP contribution >= 0.6 is 11.6 Å². The number of halogens is 1. The number of sulfonamides is 1. The van der Waals surface area contributed by atoms with E-state index < -0.39 is 61.1 Å². The molecule has 0 saturated carbocycles. The van der Waals surface area contributed by atoms with Gasteiger partial charge in [-0.25, -0.2) is 18.1 Å². The van der Waals surface area contributed by atoms with Crippen LogP contribution in [0.25, 0.3) is 16.6 Å². The molecular weight excluding hydrogens is 1250 g/mol. The number of piperazine rings is 1. The molecule has 1 atom stereocenters. The number of nitro groups is 1. The Labute approximate surface area is 559 Å². The van der Waals surface area contributed by atoms with Crippen molar-refractivity contribution in [1.29, 1.82) is 0 Å². The summed E-state index contributed by atoms with van der Waals surface area (Å²) in [6, 6.07) is 25.0. The van der Waals surface area contributed by atoms with Gasteiger partial charge in [-0.05, 0) is 180 Å². The molecule has 12 rings (SSSR count). The summed E-state index contributed by atoms with van der Waals surface area (Å²) in [4.78, 5) is 94.8. The number of pyridine rings is 1. The van der Waals surface area contributed by atoms with Gasteiger partial charge < -0.3 is 29.7 Å². The van der Waals surface area contributed by atoms with Gasteiger partial charge in [0.25, 0.3) is 33.4 Å². The van der Waals surface area contributed by atoms with Crippen molar-refractivity contribution in [2.24, 2.45) is 11.3 Å². The molecule has 0 bridgehead atoms. The number of rotatable bonds is 22. The molecule has 6 aliphatic rings. The lowest BCUT2D eigenvalue weighted by Crippen LogP contribution is -2.54. The Morgan fingerprint density at radius 1 is 0.832 bits per heavy atom. The molecule has 0 radical (unpaired) electrons. The van der Waals surface area contributed by atoms with E-state index in [0.717, 1.165) is 156 Å². The van der Waals surface area contributed by atoms with Crippen molar-refractivity contribution < 1.29 is 42.1 Å². The molecule has 2 aromatic heterocycles. The van der Waals surface area contributed by atoms with Crippen LogP contribution in [0, 0.1) is 33.3 Å². The number of ether oxygens (including phenoxy) is 1. The summed E-state index contributed by atoms with van der Waals surface area (Å²) in [5.41, 5.74) is 6.40. The minimum absolute atomic E-state index is 0.0463. The number of carbonyl (C=O) groups is 5. The lowest BCUT2D eigenvalue weighted by atomic mass is 9.72. The number of carbonyl (C=O) groups excluding carboxylic acids is 5. The Morgan fingerprint density at radius 2 is 1.60 bits per heavy atom. The molecule has 5 amide bonds. The Hall–Kier alpha value is -8.46. The third-order valence-corrected chi connectivity index (χ3v) is 21.4. The number of anilines is 2. The molecule has 1 aliphatic carbocycles. The van der Waals surface area contributed by atoms with E-state index in [9.17, 15) is 42.5 Å². The quantitative estimate of drug-likeness (QED) is 0.0162. The number of hydrogen-bond donors (Lipinski definition) is 4. The fourth-order valence-electron chi connectivity index (χ4n) is 14.3. The number of likely N-dealkylation sites (tertiary alicyclic amines) is 2. The number of fused-ring (bicyclic) bond motifs is 2. The molecule has 4 saturated heterocycles. The second-order valence-corrected chi connectivity index (χ2v) is 29.0. The molecule has 498 valence electrons. The maximum atomic E-state index is 14.2. The lowest BCUT2D eigenvalue weighted by molar-refractivity contribution is -0.384.